The molecule has 0 saturated carbocycles. The van der Waals surface area contributed by atoms with Gasteiger partial charge in [-0.3, -0.25) is 9.69 Å². The van der Waals surface area contributed by atoms with Crippen LogP contribution in [0.2, 0.25) is 0 Å². The summed E-state index contributed by atoms with van der Waals surface area (Å²) in [4.78, 5) is 15.4. The van der Waals surface area contributed by atoms with Crippen molar-refractivity contribution in [3.8, 4) is 0 Å². The third-order valence-corrected chi connectivity index (χ3v) is 5.47. The minimum absolute atomic E-state index is 0.0874. The summed E-state index contributed by atoms with van der Waals surface area (Å²) in [7, 11) is 2.15. The Balaban J connectivity index is 1.68. The number of para-hydroxylation sites is 2. The minimum atomic E-state index is -0.0874. The Hall–Kier alpha value is -3.18. The Kier molecular flexibility index (Phi) is 5.81. The van der Waals surface area contributed by atoms with Crippen molar-refractivity contribution in [2.24, 2.45) is 5.10 Å². The summed E-state index contributed by atoms with van der Waals surface area (Å²) < 4.78 is 2.26. The molecule has 30 heavy (non-hydrogen) atoms. The minimum Gasteiger partial charge on any atom is -0.333 e. The summed E-state index contributed by atoms with van der Waals surface area (Å²) in [5.41, 5.74) is 4.38. The first kappa shape index (κ1) is 20.1. The summed E-state index contributed by atoms with van der Waals surface area (Å²) in [6.07, 6.45) is 6.50. The molecule has 0 radical (unpaired) electrons. The molecule has 154 valence electrons. The van der Waals surface area contributed by atoms with Gasteiger partial charge in [0.15, 0.2) is 0 Å². The predicted octanol–water partition coefficient (Wildman–Crippen LogP) is 5.14. The highest BCUT2D eigenvalue weighted by Crippen LogP contribution is 2.28. The van der Waals surface area contributed by atoms with Crippen molar-refractivity contribution < 1.29 is 4.79 Å². The average molecular weight is 401 g/mol. The maximum atomic E-state index is 13.1. The average Bonchev–Trinajstić information content (AvgIpc) is 3.25. The molecule has 0 unspecified atom stereocenters. The Labute approximate surface area is 177 Å². The SMILES string of the molecule is CCCCN(C)Cn1cc(/C=C2/C(=O)N(c3ccccc3)N=C2C)c2ccccc21. The van der Waals surface area contributed by atoms with Gasteiger partial charge in [-0.05, 0) is 51.2 Å². The lowest BCUT2D eigenvalue weighted by Crippen LogP contribution is -2.22. The van der Waals surface area contributed by atoms with Gasteiger partial charge in [0.1, 0.15) is 0 Å². The van der Waals surface area contributed by atoms with E-state index < -0.39 is 0 Å². The molecular formula is C25H28N4O. The van der Waals surface area contributed by atoms with E-state index in [1.54, 1.807) is 0 Å². The number of hydrazone groups is 1. The number of hydrogen-bond acceptors (Lipinski definition) is 3. The Morgan fingerprint density at radius 1 is 1.07 bits per heavy atom. The number of rotatable bonds is 7. The molecule has 1 amide bonds. The summed E-state index contributed by atoms with van der Waals surface area (Å²) in [6.45, 7) is 5.99. The first-order valence-electron chi connectivity index (χ1n) is 10.5. The van der Waals surface area contributed by atoms with E-state index in [-0.39, 0.29) is 5.91 Å². The van der Waals surface area contributed by atoms with Gasteiger partial charge in [0.05, 0.1) is 23.6 Å². The molecule has 3 aromatic rings. The van der Waals surface area contributed by atoms with Gasteiger partial charge in [-0.15, -0.1) is 0 Å². The monoisotopic (exact) mass is 400 g/mol. The Morgan fingerprint density at radius 3 is 2.57 bits per heavy atom. The fourth-order valence-corrected chi connectivity index (χ4v) is 3.85. The van der Waals surface area contributed by atoms with Crippen molar-refractivity contribution in [1.29, 1.82) is 0 Å². The lowest BCUT2D eigenvalue weighted by atomic mass is 10.1. The van der Waals surface area contributed by atoms with E-state index in [9.17, 15) is 4.79 Å². The second-order valence-corrected chi connectivity index (χ2v) is 7.84. The summed E-state index contributed by atoms with van der Waals surface area (Å²) in [6, 6.07) is 17.9. The van der Waals surface area contributed by atoms with E-state index in [4.69, 9.17) is 0 Å². The topological polar surface area (TPSA) is 40.8 Å². The molecule has 0 saturated heterocycles. The number of benzene rings is 2. The van der Waals surface area contributed by atoms with Crippen LogP contribution in [0.25, 0.3) is 17.0 Å². The number of anilines is 1. The molecule has 1 aromatic heterocycles. The fraction of sp³-hybridized carbons (Fsp3) is 0.280. The third kappa shape index (κ3) is 3.94. The Bertz CT molecular complexity index is 1110. The number of carbonyl (C=O) groups excluding carboxylic acids is 1. The van der Waals surface area contributed by atoms with E-state index in [1.165, 1.54) is 23.4 Å². The number of fused-ring (bicyclic) bond motifs is 1. The van der Waals surface area contributed by atoms with Crippen LogP contribution >= 0.6 is 0 Å². The first-order chi connectivity index (χ1) is 14.6. The number of carbonyl (C=O) groups is 1. The number of aromatic nitrogens is 1. The molecule has 2 aromatic carbocycles. The summed E-state index contributed by atoms with van der Waals surface area (Å²) >= 11 is 0. The van der Waals surface area contributed by atoms with Crippen LogP contribution in [0.4, 0.5) is 5.69 Å². The molecule has 0 aliphatic carbocycles. The molecule has 0 atom stereocenters. The lowest BCUT2D eigenvalue weighted by molar-refractivity contribution is -0.114. The molecule has 1 aliphatic rings. The van der Waals surface area contributed by atoms with E-state index >= 15 is 0 Å². The molecular weight excluding hydrogens is 372 g/mol. The van der Waals surface area contributed by atoms with Crippen molar-refractivity contribution >= 4 is 34.3 Å². The van der Waals surface area contributed by atoms with Crippen molar-refractivity contribution in [3.63, 3.8) is 0 Å². The lowest BCUT2D eigenvalue weighted by Gasteiger charge is -2.17. The third-order valence-electron chi connectivity index (χ3n) is 5.47. The smallest absolute Gasteiger partial charge is 0.280 e. The fourth-order valence-electron chi connectivity index (χ4n) is 3.85. The van der Waals surface area contributed by atoms with E-state index in [0.717, 1.165) is 35.6 Å². The molecule has 1 aliphatic heterocycles. The van der Waals surface area contributed by atoms with E-state index in [0.29, 0.717) is 5.57 Å². The van der Waals surface area contributed by atoms with Gasteiger partial charge < -0.3 is 4.57 Å². The number of unbranched alkanes of at least 4 members (excludes halogenated alkanes) is 1. The molecule has 0 fully saturated rings. The van der Waals surface area contributed by atoms with Gasteiger partial charge in [-0.25, -0.2) is 0 Å². The van der Waals surface area contributed by atoms with Crippen molar-refractivity contribution in [1.82, 2.24) is 9.47 Å². The van der Waals surface area contributed by atoms with Crippen LogP contribution in [0.3, 0.4) is 0 Å². The van der Waals surface area contributed by atoms with Crippen molar-refractivity contribution in [2.45, 2.75) is 33.4 Å². The van der Waals surface area contributed by atoms with Crippen LogP contribution in [0.15, 0.2) is 71.5 Å². The van der Waals surface area contributed by atoms with Gasteiger partial charge in [0.2, 0.25) is 0 Å². The first-order valence-corrected chi connectivity index (χ1v) is 10.5. The summed E-state index contributed by atoms with van der Waals surface area (Å²) in [5, 5.41) is 7.13. The number of nitrogens with zero attached hydrogens (tertiary/aromatic N) is 4. The number of hydrogen-bond donors (Lipinski definition) is 0. The van der Waals surface area contributed by atoms with Crippen LogP contribution in [-0.4, -0.2) is 34.7 Å². The molecule has 4 rings (SSSR count). The normalized spacial score (nSPS) is 15.6. The zero-order valence-corrected chi connectivity index (χ0v) is 17.9. The van der Waals surface area contributed by atoms with Crippen LogP contribution < -0.4 is 5.01 Å². The Morgan fingerprint density at radius 2 is 1.80 bits per heavy atom. The van der Waals surface area contributed by atoms with Crippen LogP contribution in [0, 0.1) is 0 Å². The highest BCUT2D eigenvalue weighted by Gasteiger charge is 2.28. The van der Waals surface area contributed by atoms with Gasteiger partial charge >= 0.3 is 0 Å². The van der Waals surface area contributed by atoms with Crippen molar-refractivity contribution in [2.75, 3.05) is 18.6 Å². The second-order valence-electron chi connectivity index (χ2n) is 7.84. The van der Waals surface area contributed by atoms with E-state index in [2.05, 4.69) is 52.9 Å². The van der Waals surface area contributed by atoms with Gasteiger partial charge in [0.25, 0.3) is 5.91 Å². The largest absolute Gasteiger partial charge is 0.333 e. The zero-order valence-electron chi connectivity index (χ0n) is 17.9. The molecule has 5 heteroatoms. The zero-order chi connectivity index (χ0) is 21.1. The van der Waals surface area contributed by atoms with Crippen molar-refractivity contribution in [3.05, 3.63) is 71.9 Å². The standard InChI is InChI=1S/C25H28N4O/c1-4-5-15-27(3)18-28-17-20(22-13-9-10-14-24(22)28)16-23-19(2)26-29(25(23)30)21-11-7-6-8-12-21/h6-14,16-17H,4-5,15,18H2,1-3H3/b23-16+. The molecule has 0 bridgehead atoms. The van der Waals surface area contributed by atoms with Gasteiger partial charge in [0, 0.05) is 22.7 Å². The molecule has 0 N–H and O–H groups in total. The predicted molar refractivity (Wildman–Crippen MR) is 124 cm³/mol. The molecule has 2 heterocycles. The van der Waals surface area contributed by atoms with Gasteiger partial charge in [-0.2, -0.15) is 10.1 Å². The second kappa shape index (κ2) is 8.67. The van der Waals surface area contributed by atoms with E-state index in [1.807, 2.05) is 49.4 Å². The maximum absolute atomic E-state index is 13.1. The highest BCUT2D eigenvalue weighted by molar-refractivity contribution is 6.32. The van der Waals surface area contributed by atoms with Crippen LogP contribution in [0.5, 0.6) is 0 Å². The maximum Gasteiger partial charge on any atom is 0.280 e. The summed E-state index contributed by atoms with van der Waals surface area (Å²) in [5.74, 6) is -0.0874. The van der Waals surface area contributed by atoms with Crippen LogP contribution in [-0.2, 0) is 11.5 Å². The van der Waals surface area contributed by atoms with Gasteiger partial charge in [-0.1, -0.05) is 49.7 Å². The molecule has 0 spiro atoms. The highest BCUT2D eigenvalue weighted by atomic mass is 16.2. The quantitative estimate of drug-likeness (QED) is 0.516. The molecule has 5 nitrogen and oxygen atoms in total. The van der Waals surface area contributed by atoms with Crippen LogP contribution in [0.1, 0.15) is 32.3 Å². The number of amides is 1.